The lowest BCUT2D eigenvalue weighted by atomic mass is 10.3. The summed E-state index contributed by atoms with van der Waals surface area (Å²) < 4.78 is 0. The van der Waals surface area contributed by atoms with E-state index in [0.717, 1.165) is 23.7 Å². The summed E-state index contributed by atoms with van der Waals surface area (Å²) >= 11 is 3.32. The standard InChI is InChI=1S/C11H11N3S2/c1-8-4-14-11(16-8)6-13-5-10-2-9(3-12)7-15-10/h2,4,7,13H,5-6H2,1H3. The van der Waals surface area contributed by atoms with Gasteiger partial charge in [0.25, 0.3) is 0 Å². The number of rotatable bonds is 4. The molecule has 1 N–H and O–H groups in total. The quantitative estimate of drug-likeness (QED) is 0.906. The summed E-state index contributed by atoms with van der Waals surface area (Å²) in [5.41, 5.74) is 0.742. The summed E-state index contributed by atoms with van der Waals surface area (Å²) in [6, 6.07) is 4.05. The highest BCUT2D eigenvalue weighted by atomic mass is 32.1. The van der Waals surface area contributed by atoms with Crippen LogP contribution in [0.2, 0.25) is 0 Å². The van der Waals surface area contributed by atoms with Gasteiger partial charge in [-0.2, -0.15) is 5.26 Å². The van der Waals surface area contributed by atoms with Gasteiger partial charge in [0.05, 0.1) is 5.56 Å². The van der Waals surface area contributed by atoms with Crippen molar-refractivity contribution in [2.45, 2.75) is 20.0 Å². The number of aryl methyl sites for hydroxylation is 1. The maximum atomic E-state index is 8.69. The largest absolute Gasteiger partial charge is 0.306 e. The zero-order valence-corrected chi connectivity index (χ0v) is 10.5. The first-order valence-electron chi connectivity index (χ1n) is 4.87. The third-order valence-corrected chi connectivity index (χ3v) is 3.88. The molecule has 2 rings (SSSR count). The topological polar surface area (TPSA) is 48.7 Å². The highest BCUT2D eigenvalue weighted by Gasteiger charge is 2.00. The second kappa shape index (κ2) is 5.21. The molecule has 0 aliphatic rings. The smallest absolute Gasteiger partial charge is 0.107 e. The van der Waals surface area contributed by atoms with E-state index in [1.54, 1.807) is 22.7 Å². The highest BCUT2D eigenvalue weighted by molar-refractivity contribution is 7.11. The molecule has 0 spiro atoms. The van der Waals surface area contributed by atoms with Crippen LogP contribution in [0.25, 0.3) is 0 Å². The predicted octanol–water partition coefficient (Wildman–Crippen LogP) is 2.67. The number of nitrogens with one attached hydrogen (secondary N) is 1. The first-order chi connectivity index (χ1) is 7.78. The monoisotopic (exact) mass is 249 g/mol. The summed E-state index contributed by atoms with van der Waals surface area (Å²) in [5, 5.41) is 15.0. The molecular weight excluding hydrogens is 238 g/mol. The summed E-state index contributed by atoms with van der Waals surface area (Å²) in [6.07, 6.45) is 1.89. The average molecular weight is 249 g/mol. The van der Waals surface area contributed by atoms with Crippen molar-refractivity contribution in [3.05, 3.63) is 38.0 Å². The number of hydrogen-bond acceptors (Lipinski definition) is 5. The average Bonchev–Trinajstić information content (AvgIpc) is 2.88. The fraction of sp³-hybridized carbons (Fsp3) is 0.273. The Balaban J connectivity index is 1.82. The van der Waals surface area contributed by atoms with Crippen LogP contribution in [0, 0.1) is 18.3 Å². The first-order valence-corrected chi connectivity index (χ1v) is 6.57. The van der Waals surface area contributed by atoms with E-state index in [0.29, 0.717) is 0 Å². The van der Waals surface area contributed by atoms with Gasteiger partial charge in [-0.15, -0.1) is 22.7 Å². The van der Waals surface area contributed by atoms with Crippen molar-refractivity contribution in [2.75, 3.05) is 0 Å². The molecule has 0 saturated carbocycles. The van der Waals surface area contributed by atoms with Gasteiger partial charge >= 0.3 is 0 Å². The fourth-order valence-electron chi connectivity index (χ4n) is 1.31. The molecule has 0 aliphatic heterocycles. The molecule has 3 nitrogen and oxygen atoms in total. The lowest BCUT2D eigenvalue weighted by molar-refractivity contribution is 0.697. The highest BCUT2D eigenvalue weighted by Crippen LogP contribution is 2.14. The van der Waals surface area contributed by atoms with Crippen LogP contribution in [0.15, 0.2) is 17.6 Å². The van der Waals surface area contributed by atoms with Gasteiger partial charge in [-0.3, -0.25) is 0 Å². The second-order valence-electron chi connectivity index (χ2n) is 3.38. The van der Waals surface area contributed by atoms with Gasteiger partial charge in [0.15, 0.2) is 0 Å². The van der Waals surface area contributed by atoms with E-state index in [9.17, 15) is 0 Å². The van der Waals surface area contributed by atoms with Gasteiger partial charge < -0.3 is 5.32 Å². The summed E-state index contributed by atoms with van der Waals surface area (Å²) in [6.45, 7) is 3.64. The summed E-state index contributed by atoms with van der Waals surface area (Å²) in [4.78, 5) is 6.70. The lowest BCUT2D eigenvalue weighted by Crippen LogP contribution is -2.11. The maximum Gasteiger partial charge on any atom is 0.107 e. The minimum absolute atomic E-state index is 0.742. The number of thiophene rings is 1. The van der Waals surface area contributed by atoms with Gasteiger partial charge in [-0.1, -0.05) is 0 Å². The molecule has 0 saturated heterocycles. The van der Waals surface area contributed by atoms with Crippen molar-refractivity contribution in [1.29, 1.82) is 5.26 Å². The number of thiazole rings is 1. The van der Waals surface area contributed by atoms with E-state index in [4.69, 9.17) is 5.26 Å². The Hall–Kier alpha value is -1.22. The summed E-state index contributed by atoms with van der Waals surface area (Å²) in [7, 11) is 0. The van der Waals surface area contributed by atoms with E-state index in [2.05, 4.69) is 23.3 Å². The molecule has 0 aliphatic carbocycles. The molecule has 5 heteroatoms. The Morgan fingerprint density at radius 3 is 3.00 bits per heavy atom. The molecular formula is C11H11N3S2. The van der Waals surface area contributed by atoms with Crippen molar-refractivity contribution >= 4 is 22.7 Å². The van der Waals surface area contributed by atoms with Crippen molar-refractivity contribution in [1.82, 2.24) is 10.3 Å². The predicted molar refractivity (Wildman–Crippen MR) is 66.4 cm³/mol. The minimum atomic E-state index is 0.742. The van der Waals surface area contributed by atoms with Crippen molar-refractivity contribution in [3.8, 4) is 6.07 Å². The van der Waals surface area contributed by atoms with E-state index < -0.39 is 0 Å². The van der Waals surface area contributed by atoms with E-state index in [1.807, 2.05) is 17.6 Å². The molecule has 0 aromatic carbocycles. The van der Waals surface area contributed by atoms with Crippen LogP contribution in [0.4, 0.5) is 0 Å². The normalized spacial score (nSPS) is 10.2. The van der Waals surface area contributed by atoms with Crippen LogP contribution in [0.3, 0.4) is 0 Å². The van der Waals surface area contributed by atoms with Crippen LogP contribution in [-0.4, -0.2) is 4.98 Å². The van der Waals surface area contributed by atoms with Gasteiger partial charge in [0.2, 0.25) is 0 Å². The molecule has 0 fully saturated rings. The molecule has 0 atom stereocenters. The zero-order chi connectivity index (χ0) is 11.4. The van der Waals surface area contributed by atoms with Gasteiger partial charge in [-0.05, 0) is 13.0 Å². The number of aromatic nitrogens is 1. The maximum absolute atomic E-state index is 8.69. The number of nitriles is 1. The summed E-state index contributed by atoms with van der Waals surface area (Å²) in [5.74, 6) is 0. The minimum Gasteiger partial charge on any atom is -0.306 e. The molecule has 2 aromatic heterocycles. The van der Waals surface area contributed by atoms with Crippen LogP contribution >= 0.6 is 22.7 Å². The van der Waals surface area contributed by atoms with Gasteiger partial charge in [0, 0.05) is 34.4 Å². The van der Waals surface area contributed by atoms with Crippen LogP contribution in [0.1, 0.15) is 20.3 Å². The Bertz CT molecular complexity index is 507. The zero-order valence-electron chi connectivity index (χ0n) is 8.86. The fourth-order valence-corrected chi connectivity index (χ4v) is 2.84. The second-order valence-corrected chi connectivity index (χ2v) is 5.70. The van der Waals surface area contributed by atoms with Crippen LogP contribution < -0.4 is 5.32 Å². The molecule has 2 heterocycles. The van der Waals surface area contributed by atoms with Crippen molar-refractivity contribution in [2.24, 2.45) is 0 Å². The molecule has 0 bridgehead atoms. The SMILES string of the molecule is Cc1cnc(CNCc2cc(C#N)cs2)s1. The lowest BCUT2D eigenvalue weighted by Gasteiger charge is -1.98. The van der Waals surface area contributed by atoms with E-state index in [-0.39, 0.29) is 0 Å². The Labute approximate surface area is 102 Å². The molecule has 2 aromatic rings. The molecule has 0 amide bonds. The molecule has 0 radical (unpaired) electrons. The van der Waals surface area contributed by atoms with Crippen molar-refractivity contribution in [3.63, 3.8) is 0 Å². The third kappa shape index (κ3) is 2.89. The van der Waals surface area contributed by atoms with Gasteiger partial charge in [-0.25, -0.2) is 4.98 Å². The number of nitrogens with zero attached hydrogens (tertiary/aromatic N) is 2. The van der Waals surface area contributed by atoms with E-state index >= 15 is 0 Å². The Morgan fingerprint density at radius 2 is 2.38 bits per heavy atom. The van der Waals surface area contributed by atoms with Crippen LogP contribution in [-0.2, 0) is 13.1 Å². The van der Waals surface area contributed by atoms with Crippen molar-refractivity contribution < 1.29 is 0 Å². The third-order valence-electron chi connectivity index (χ3n) is 2.03. The van der Waals surface area contributed by atoms with Crippen LogP contribution in [0.5, 0.6) is 0 Å². The van der Waals surface area contributed by atoms with Gasteiger partial charge in [0.1, 0.15) is 11.1 Å². The molecule has 0 unspecified atom stereocenters. The molecule has 16 heavy (non-hydrogen) atoms. The first kappa shape index (κ1) is 11.3. The Kier molecular flexibility index (Phi) is 3.67. The molecule has 82 valence electrons. The Morgan fingerprint density at radius 1 is 1.50 bits per heavy atom. The number of hydrogen-bond donors (Lipinski definition) is 1. The van der Waals surface area contributed by atoms with E-state index in [1.165, 1.54) is 9.75 Å².